The standard InChI is InChI=1S/C6H8ClN3O2/c1-4-8-6(10(11)12)5(3-7)9(4)2/h3H2,1-2H3. The first-order valence-corrected chi connectivity index (χ1v) is 3.84. The summed E-state index contributed by atoms with van der Waals surface area (Å²) in [6.07, 6.45) is 0. The summed E-state index contributed by atoms with van der Waals surface area (Å²) >= 11 is 5.53. The highest BCUT2D eigenvalue weighted by atomic mass is 35.5. The number of hydrogen-bond donors (Lipinski definition) is 0. The van der Waals surface area contributed by atoms with Crippen molar-refractivity contribution in [3.63, 3.8) is 0 Å². The van der Waals surface area contributed by atoms with Crippen LogP contribution < -0.4 is 0 Å². The van der Waals surface area contributed by atoms with E-state index < -0.39 is 4.92 Å². The molecule has 0 bridgehead atoms. The van der Waals surface area contributed by atoms with Gasteiger partial charge in [-0.3, -0.25) is 0 Å². The smallest absolute Gasteiger partial charge is 0.358 e. The Labute approximate surface area is 74.1 Å². The van der Waals surface area contributed by atoms with Gasteiger partial charge in [-0.25, -0.2) is 0 Å². The van der Waals surface area contributed by atoms with Crippen molar-refractivity contribution in [2.75, 3.05) is 0 Å². The Morgan fingerprint density at radius 3 is 2.67 bits per heavy atom. The van der Waals surface area contributed by atoms with Crippen molar-refractivity contribution in [2.45, 2.75) is 12.8 Å². The summed E-state index contributed by atoms with van der Waals surface area (Å²) in [5.41, 5.74) is 0.444. The van der Waals surface area contributed by atoms with Gasteiger partial charge in [0.15, 0.2) is 0 Å². The molecule has 0 saturated carbocycles. The van der Waals surface area contributed by atoms with Crippen molar-refractivity contribution >= 4 is 17.4 Å². The third kappa shape index (κ3) is 1.27. The summed E-state index contributed by atoms with van der Waals surface area (Å²) in [6, 6.07) is 0. The Morgan fingerprint density at radius 2 is 2.33 bits per heavy atom. The minimum atomic E-state index is -0.523. The first-order chi connectivity index (χ1) is 5.57. The van der Waals surface area contributed by atoms with Crippen molar-refractivity contribution < 1.29 is 4.92 Å². The summed E-state index contributed by atoms with van der Waals surface area (Å²) < 4.78 is 1.62. The summed E-state index contributed by atoms with van der Waals surface area (Å²) in [7, 11) is 1.70. The van der Waals surface area contributed by atoms with E-state index in [4.69, 9.17) is 11.6 Å². The van der Waals surface area contributed by atoms with Crippen LogP contribution >= 0.6 is 11.6 Å². The third-order valence-corrected chi connectivity index (χ3v) is 1.97. The van der Waals surface area contributed by atoms with Crippen molar-refractivity contribution in [1.29, 1.82) is 0 Å². The zero-order valence-corrected chi connectivity index (χ0v) is 7.50. The molecular formula is C6H8ClN3O2. The quantitative estimate of drug-likeness (QED) is 0.401. The van der Waals surface area contributed by atoms with Crippen LogP contribution in [0.25, 0.3) is 0 Å². The Morgan fingerprint density at radius 1 is 1.75 bits per heavy atom. The van der Waals surface area contributed by atoms with Crippen LogP contribution in [-0.4, -0.2) is 14.5 Å². The molecule has 0 radical (unpaired) electrons. The van der Waals surface area contributed by atoms with Gasteiger partial charge in [0.05, 0.1) is 5.88 Å². The van der Waals surface area contributed by atoms with Crippen molar-refractivity contribution in [2.24, 2.45) is 7.05 Å². The van der Waals surface area contributed by atoms with E-state index in [0.29, 0.717) is 11.5 Å². The summed E-state index contributed by atoms with van der Waals surface area (Å²) in [5.74, 6) is 0.551. The van der Waals surface area contributed by atoms with Crippen LogP contribution in [0.5, 0.6) is 0 Å². The second-order valence-electron chi connectivity index (χ2n) is 2.38. The van der Waals surface area contributed by atoms with Gasteiger partial charge in [0.25, 0.3) is 0 Å². The number of alkyl halides is 1. The molecule has 1 rings (SSSR count). The van der Waals surface area contributed by atoms with E-state index in [1.807, 2.05) is 0 Å². The first-order valence-electron chi connectivity index (χ1n) is 3.30. The molecular weight excluding hydrogens is 182 g/mol. The maximum atomic E-state index is 10.4. The van der Waals surface area contributed by atoms with E-state index in [-0.39, 0.29) is 11.7 Å². The van der Waals surface area contributed by atoms with Gasteiger partial charge in [0.2, 0.25) is 5.82 Å². The molecule has 0 aliphatic heterocycles. The number of aryl methyl sites for hydroxylation is 1. The number of nitro groups is 1. The molecule has 0 aliphatic rings. The lowest BCUT2D eigenvalue weighted by Crippen LogP contribution is -1.97. The van der Waals surface area contributed by atoms with Crippen molar-refractivity contribution in [1.82, 2.24) is 9.55 Å². The molecule has 1 aromatic heterocycles. The average molecular weight is 190 g/mol. The van der Waals surface area contributed by atoms with Crippen LogP contribution in [0.2, 0.25) is 0 Å². The predicted molar refractivity (Wildman–Crippen MR) is 44.2 cm³/mol. The fourth-order valence-corrected chi connectivity index (χ4v) is 1.23. The van der Waals surface area contributed by atoms with Crippen LogP contribution in [-0.2, 0) is 12.9 Å². The average Bonchev–Trinajstić information content (AvgIpc) is 2.29. The maximum Gasteiger partial charge on any atom is 0.386 e. The monoisotopic (exact) mass is 189 g/mol. The lowest BCUT2D eigenvalue weighted by Gasteiger charge is -1.95. The van der Waals surface area contributed by atoms with Crippen molar-refractivity contribution in [3.05, 3.63) is 21.6 Å². The zero-order valence-electron chi connectivity index (χ0n) is 6.74. The lowest BCUT2D eigenvalue weighted by atomic mass is 10.5. The van der Waals surface area contributed by atoms with E-state index in [1.165, 1.54) is 0 Å². The summed E-state index contributed by atoms with van der Waals surface area (Å²) in [4.78, 5) is 13.7. The first kappa shape index (κ1) is 8.99. The highest BCUT2D eigenvalue weighted by Gasteiger charge is 2.21. The molecule has 12 heavy (non-hydrogen) atoms. The molecule has 0 aliphatic carbocycles. The molecule has 1 heterocycles. The molecule has 0 amide bonds. The van der Waals surface area contributed by atoms with Crippen LogP contribution in [0, 0.1) is 17.0 Å². The van der Waals surface area contributed by atoms with Gasteiger partial charge in [0, 0.05) is 14.0 Å². The van der Waals surface area contributed by atoms with Crippen LogP contribution in [0.4, 0.5) is 5.82 Å². The third-order valence-electron chi connectivity index (χ3n) is 1.72. The zero-order chi connectivity index (χ0) is 9.30. The lowest BCUT2D eigenvalue weighted by molar-refractivity contribution is -0.390. The number of nitrogens with zero attached hydrogens (tertiary/aromatic N) is 3. The number of hydrogen-bond acceptors (Lipinski definition) is 3. The highest BCUT2D eigenvalue weighted by molar-refractivity contribution is 6.17. The molecule has 5 nitrogen and oxygen atoms in total. The molecule has 0 atom stereocenters. The molecule has 6 heteroatoms. The largest absolute Gasteiger partial charge is 0.386 e. The van der Waals surface area contributed by atoms with Gasteiger partial charge in [-0.05, 0) is 9.91 Å². The van der Waals surface area contributed by atoms with Gasteiger partial charge in [0.1, 0.15) is 5.69 Å². The SMILES string of the molecule is Cc1nc([N+](=O)[O-])c(CCl)n1C. The Bertz CT molecular complexity index is 321. The van der Waals surface area contributed by atoms with Crippen LogP contribution in [0.1, 0.15) is 11.5 Å². The second kappa shape index (κ2) is 3.10. The number of aromatic nitrogens is 2. The number of halogens is 1. The minimum Gasteiger partial charge on any atom is -0.358 e. The Balaban J connectivity index is 3.29. The molecule has 0 N–H and O–H groups in total. The van der Waals surface area contributed by atoms with Gasteiger partial charge < -0.3 is 14.7 Å². The Kier molecular flexibility index (Phi) is 2.32. The normalized spacial score (nSPS) is 10.2. The predicted octanol–water partition coefficient (Wildman–Crippen LogP) is 1.38. The van der Waals surface area contributed by atoms with E-state index >= 15 is 0 Å². The molecule has 0 saturated heterocycles. The number of imidazole rings is 1. The second-order valence-corrected chi connectivity index (χ2v) is 2.65. The van der Waals surface area contributed by atoms with Crippen LogP contribution in [0.3, 0.4) is 0 Å². The maximum absolute atomic E-state index is 10.4. The molecule has 1 aromatic rings. The minimum absolute atomic E-state index is 0.105. The van der Waals surface area contributed by atoms with E-state index in [0.717, 1.165) is 0 Å². The van der Waals surface area contributed by atoms with E-state index in [9.17, 15) is 10.1 Å². The molecule has 0 fully saturated rings. The molecule has 0 spiro atoms. The summed E-state index contributed by atoms with van der Waals surface area (Å²) in [6.45, 7) is 1.70. The summed E-state index contributed by atoms with van der Waals surface area (Å²) in [5, 5.41) is 10.4. The van der Waals surface area contributed by atoms with Gasteiger partial charge in [-0.1, -0.05) is 0 Å². The fraction of sp³-hybridized carbons (Fsp3) is 0.500. The topological polar surface area (TPSA) is 61.0 Å². The Hall–Kier alpha value is -1.10. The molecule has 0 aromatic carbocycles. The highest BCUT2D eigenvalue weighted by Crippen LogP contribution is 2.19. The molecule has 0 unspecified atom stereocenters. The van der Waals surface area contributed by atoms with Gasteiger partial charge in [-0.2, -0.15) is 0 Å². The van der Waals surface area contributed by atoms with E-state index in [1.54, 1.807) is 18.5 Å². The van der Waals surface area contributed by atoms with E-state index in [2.05, 4.69) is 4.98 Å². The fourth-order valence-electron chi connectivity index (χ4n) is 0.934. The van der Waals surface area contributed by atoms with Gasteiger partial charge >= 0.3 is 5.82 Å². The van der Waals surface area contributed by atoms with Gasteiger partial charge in [-0.15, -0.1) is 11.6 Å². The van der Waals surface area contributed by atoms with Crippen LogP contribution in [0.15, 0.2) is 0 Å². The number of rotatable bonds is 2. The molecule has 66 valence electrons. The van der Waals surface area contributed by atoms with Crippen molar-refractivity contribution in [3.8, 4) is 0 Å².